The molecule has 1 fully saturated rings. The number of fused-ring (bicyclic) bond motifs is 1. The number of imidazole rings is 1. The van der Waals surface area contributed by atoms with Crippen molar-refractivity contribution in [1.82, 2.24) is 9.55 Å². The first-order chi connectivity index (χ1) is 8.38. The van der Waals surface area contributed by atoms with Crippen LogP contribution in [-0.2, 0) is 6.54 Å². The van der Waals surface area contributed by atoms with E-state index in [1.165, 1.54) is 6.42 Å². The summed E-state index contributed by atoms with van der Waals surface area (Å²) < 4.78 is 2.87. The molecule has 1 heterocycles. The van der Waals surface area contributed by atoms with E-state index in [9.17, 15) is 0 Å². The second-order valence-corrected chi connectivity index (χ2v) is 6.91. The summed E-state index contributed by atoms with van der Waals surface area (Å²) in [6, 6.07) is 3.73. The number of aromatic nitrogens is 2. The number of benzene rings is 1. The summed E-state index contributed by atoms with van der Waals surface area (Å²) >= 11 is 17.5. The lowest BCUT2D eigenvalue weighted by atomic mass is 10.1. The Bertz CT molecular complexity index is 684. The van der Waals surface area contributed by atoms with Crippen molar-refractivity contribution < 1.29 is 0 Å². The highest BCUT2D eigenvalue weighted by atomic mass is 35.5. The Morgan fingerprint density at radius 1 is 1.39 bits per heavy atom. The van der Waals surface area contributed by atoms with Crippen LogP contribution in [0.15, 0.2) is 12.1 Å². The first-order valence-corrected chi connectivity index (χ1v) is 7.12. The fourth-order valence-electron chi connectivity index (χ4n) is 2.44. The summed E-state index contributed by atoms with van der Waals surface area (Å²) in [5.41, 5.74) is 2.43. The summed E-state index contributed by atoms with van der Waals surface area (Å²) in [5.74, 6) is 0.692. The van der Waals surface area contributed by atoms with Gasteiger partial charge in [0.15, 0.2) is 4.77 Å². The fraction of sp³-hybridized carbons (Fsp3) is 0.462. The number of rotatable bonds is 2. The van der Waals surface area contributed by atoms with Crippen molar-refractivity contribution in [1.29, 1.82) is 0 Å². The van der Waals surface area contributed by atoms with E-state index in [1.807, 2.05) is 12.1 Å². The molecule has 1 aromatic carbocycles. The van der Waals surface area contributed by atoms with Gasteiger partial charge in [0.1, 0.15) is 0 Å². The Morgan fingerprint density at radius 3 is 2.61 bits per heavy atom. The maximum Gasteiger partial charge on any atom is 0.178 e. The lowest BCUT2D eigenvalue weighted by Crippen LogP contribution is -2.03. The third kappa shape index (κ3) is 1.98. The van der Waals surface area contributed by atoms with E-state index < -0.39 is 0 Å². The molecule has 96 valence electrons. The quantitative estimate of drug-likeness (QED) is 0.770. The van der Waals surface area contributed by atoms with Crippen molar-refractivity contribution in [3.8, 4) is 0 Å². The van der Waals surface area contributed by atoms with E-state index in [0.29, 0.717) is 21.4 Å². The normalized spacial score (nSPS) is 21.4. The Labute approximate surface area is 121 Å². The zero-order chi connectivity index (χ0) is 13.1. The predicted molar refractivity (Wildman–Crippen MR) is 79.0 cm³/mol. The Balaban J connectivity index is 2.08. The summed E-state index contributed by atoms with van der Waals surface area (Å²) in [6.07, 6.45) is 1.25. The SMILES string of the molecule is CC1(C)CC1Cn1c(=S)[nH]c2cc(Cl)c(Cl)cc21. The number of hydrogen-bond donors (Lipinski definition) is 1. The highest BCUT2D eigenvalue weighted by Gasteiger charge is 2.45. The molecule has 0 amide bonds. The molecule has 0 bridgehead atoms. The average molecular weight is 301 g/mol. The first kappa shape index (κ1) is 12.5. The van der Waals surface area contributed by atoms with E-state index in [0.717, 1.165) is 22.3 Å². The third-order valence-electron chi connectivity index (χ3n) is 3.94. The van der Waals surface area contributed by atoms with E-state index in [2.05, 4.69) is 23.4 Å². The summed E-state index contributed by atoms with van der Waals surface area (Å²) in [6.45, 7) is 5.53. The Morgan fingerprint density at radius 2 is 2.00 bits per heavy atom. The maximum absolute atomic E-state index is 6.08. The molecular weight excluding hydrogens is 287 g/mol. The van der Waals surface area contributed by atoms with Crippen LogP contribution in [-0.4, -0.2) is 9.55 Å². The van der Waals surface area contributed by atoms with Crippen LogP contribution in [0.25, 0.3) is 11.0 Å². The van der Waals surface area contributed by atoms with Gasteiger partial charge in [0.2, 0.25) is 0 Å². The molecule has 2 aromatic rings. The molecule has 1 atom stereocenters. The van der Waals surface area contributed by atoms with E-state index >= 15 is 0 Å². The van der Waals surface area contributed by atoms with E-state index in [4.69, 9.17) is 35.4 Å². The van der Waals surface area contributed by atoms with E-state index in [-0.39, 0.29) is 0 Å². The average Bonchev–Trinajstić information content (AvgIpc) is 2.76. The molecule has 0 saturated heterocycles. The third-order valence-corrected chi connectivity index (χ3v) is 4.98. The predicted octanol–water partition coefficient (Wildman–Crippen LogP) is 5.05. The minimum absolute atomic E-state index is 0.439. The van der Waals surface area contributed by atoms with Gasteiger partial charge in [-0.1, -0.05) is 37.0 Å². The topological polar surface area (TPSA) is 20.7 Å². The molecule has 1 unspecified atom stereocenters. The molecule has 1 saturated carbocycles. The van der Waals surface area contributed by atoms with Gasteiger partial charge in [-0.3, -0.25) is 0 Å². The number of nitrogens with one attached hydrogen (secondary N) is 1. The van der Waals surface area contributed by atoms with Gasteiger partial charge >= 0.3 is 0 Å². The molecule has 2 nitrogen and oxygen atoms in total. The zero-order valence-corrected chi connectivity index (χ0v) is 12.6. The minimum atomic E-state index is 0.439. The first-order valence-electron chi connectivity index (χ1n) is 5.96. The summed E-state index contributed by atoms with van der Waals surface area (Å²) in [4.78, 5) is 3.19. The van der Waals surface area contributed by atoms with Crippen molar-refractivity contribution >= 4 is 46.5 Å². The molecule has 1 N–H and O–H groups in total. The lowest BCUT2D eigenvalue weighted by molar-refractivity contribution is 0.502. The smallest absolute Gasteiger partial charge is 0.178 e. The molecule has 0 spiro atoms. The highest BCUT2D eigenvalue weighted by Crippen LogP contribution is 2.52. The van der Waals surface area contributed by atoms with Gasteiger partial charge in [-0.2, -0.15) is 0 Å². The van der Waals surface area contributed by atoms with Crippen LogP contribution in [0, 0.1) is 16.1 Å². The van der Waals surface area contributed by atoms with Crippen molar-refractivity contribution in [3.05, 3.63) is 26.9 Å². The van der Waals surface area contributed by atoms with Crippen LogP contribution in [0.3, 0.4) is 0 Å². The second kappa shape index (κ2) is 3.99. The Hall–Kier alpha value is -0.510. The summed E-state index contributed by atoms with van der Waals surface area (Å²) in [5, 5.41) is 1.13. The van der Waals surface area contributed by atoms with Gasteiger partial charge in [-0.25, -0.2) is 0 Å². The monoisotopic (exact) mass is 300 g/mol. The van der Waals surface area contributed by atoms with Gasteiger partial charge in [0.05, 0.1) is 21.1 Å². The van der Waals surface area contributed by atoms with Crippen LogP contribution in [0.5, 0.6) is 0 Å². The van der Waals surface area contributed by atoms with Crippen molar-refractivity contribution in [2.75, 3.05) is 0 Å². The number of nitrogens with zero attached hydrogens (tertiary/aromatic N) is 1. The number of aromatic amines is 1. The molecule has 18 heavy (non-hydrogen) atoms. The minimum Gasteiger partial charge on any atom is -0.331 e. The van der Waals surface area contributed by atoms with Crippen LogP contribution in [0.4, 0.5) is 0 Å². The van der Waals surface area contributed by atoms with Crippen LogP contribution < -0.4 is 0 Å². The van der Waals surface area contributed by atoms with Crippen molar-refractivity contribution in [2.45, 2.75) is 26.8 Å². The second-order valence-electron chi connectivity index (χ2n) is 5.71. The largest absolute Gasteiger partial charge is 0.331 e. The van der Waals surface area contributed by atoms with Crippen LogP contribution in [0.1, 0.15) is 20.3 Å². The molecule has 0 aliphatic heterocycles. The van der Waals surface area contributed by atoms with Crippen LogP contribution >= 0.6 is 35.4 Å². The van der Waals surface area contributed by atoms with Crippen molar-refractivity contribution in [2.24, 2.45) is 11.3 Å². The molecule has 1 aliphatic rings. The lowest BCUT2D eigenvalue weighted by Gasteiger charge is -2.06. The van der Waals surface area contributed by atoms with Gasteiger partial charge in [-0.05, 0) is 42.1 Å². The fourth-order valence-corrected chi connectivity index (χ4v) is 3.05. The van der Waals surface area contributed by atoms with Crippen LogP contribution in [0.2, 0.25) is 10.0 Å². The Kier molecular flexibility index (Phi) is 2.78. The summed E-state index contributed by atoms with van der Waals surface area (Å²) in [7, 11) is 0. The molecule has 0 radical (unpaired) electrons. The van der Waals surface area contributed by atoms with Gasteiger partial charge in [0, 0.05) is 6.54 Å². The zero-order valence-electron chi connectivity index (χ0n) is 10.3. The maximum atomic E-state index is 6.08. The highest BCUT2D eigenvalue weighted by molar-refractivity contribution is 7.71. The van der Waals surface area contributed by atoms with Gasteiger partial charge in [-0.15, -0.1) is 0 Å². The van der Waals surface area contributed by atoms with E-state index in [1.54, 1.807) is 0 Å². The number of hydrogen-bond acceptors (Lipinski definition) is 1. The standard InChI is InChI=1S/C13H14Cl2N2S/c1-13(2)5-7(13)6-17-11-4-9(15)8(14)3-10(11)16-12(17)18/h3-4,7H,5-6H2,1-2H3,(H,16,18). The van der Waals surface area contributed by atoms with Gasteiger partial charge < -0.3 is 9.55 Å². The molecular formula is C13H14Cl2N2S. The number of H-pyrrole nitrogens is 1. The molecule has 1 aliphatic carbocycles. The molecule has 5 heteroatoms. The van der Waals surface area contributed by atoms with Gasteiger partial charge in [0.25, 0.3) is 0 Å². The van der Waals surface area contributed by atoms with Crippen molar-refractivity contribution in [3.63, 3.8) is 0 Å². The molecule has 3 rings (SSSR count). The molecule has 1 aromatic heterocycles. The number of halogens is 2.